The number of β-amino-alcohol motifs (C(OH)–C–C–N with tert-alkyl or cyclic N) is 1. The van der Waals surface area contributed by atoms with Crippen LogP contribution in [0.5, 0.6) is 0 Å². The van der Waals surface area contributed by atoms with Gasteiger partial charge in [0.2, 0.25) is 0 Å². The zero-order chi connectivity index (χ0) is 34.1. The Kier molecular flexibility index (Phi) is 11.6. The molecule has 1 atom stereocenters. The van der Waals surface area contributed by atoms with Crippen molar-refractivity contribution in [2.24, 2.45) is 0 Å². The molecule has 0 spiro atoms. The lowest BCUT2D eigenvalue weighted by atomic mass is 9.98. The van der Waals surface area contributed by atoms with E-state index in [1.807, 2.05) is 62.4 Å². The van der Waals surface area contributed by atoms with Gasteiger partial charge in [0.05, 0.1) is 36.0 Å². The van der Waals surface area contributed by atoms with Crippen molar-refractivity contribution < 1.29 is 38.9 Å². The molecule has 4 aromatic carbocycles. The number of aromatic carboxylic acids is 1. The van der Waals surface area contributed by atoms with Gasteiger partial charge in [0, 0.05) is 18.7 Å². The first kappa shape index (κ1) is 34.6. The second-order valence-electron chi connectivity index (χ2n) is 11.3. The number of amides is 1. The van der Waals surface area contributed by atoms with Crippen LogP contribution in [0, 0.1) is 13.8 Å². The minimum Gasteiger partial charge on any atom is -0.478 e. The van der Waals surface area contributed by atoms with Gasteiger partial charge in [0.25, 0.3) is 5.91 Å². The maximum atomic E-state index is 12.8. The molecule has 0 aromatic heterocycles. The number of carbonyl (C=O) groups excluding carboxylic acids is 3. The summed E-state index contributed by atoms with van der Waals surface area (Å²) in [5.41, 5.74) is 6.59. The van der Waals surface area contributed by atoms with Crippen LogP contribution in [0.3, 0.4) is 0 Å². The Morgan fingerprint density at radius 1 is 0.660 bits per heavy atom. The lowest BCUT2D eigenvalue weighted by molar-refractivity contribution is 0.0516. The molecule has 0 aliphatic carbocycles. The number of aryl methyl sites for hydroxylation is 2. The lowest BCUT2D eigenvalue weighted by Gasteiger charge is -2.17. The largest absolute Gasteiger partial charge is 0.478 e. The molecule has 244 valence electrons. The van der Waals surface area contributed by atoms with Crippen molar-refractivity contribution >= 4 is 23.8 Å². The molecule has 0 bridgehead atoms. The lowest BCUT2D eigenvalue weighted by Crippen LogP contribution is -2.29. The van der Waals surface area contributed by atoms with Gasteiger partial charge in [-0.2, -0.15) is 0 Å². The molecule has 0 unspecified atom stereocenters. The molecule has 5 rings (SSSR count). The predicted molar refractivity (Wildman–Crippen MR) is 179 cm³/mol. The summed E-state index contributed by atoms with van der Waals surface area (Å²) in [6.07, 6.45) is 0.0949. The first-order valence-corrected chi connectivity index (χ1v) is 15.5. The highest BCUT2D eigenvalue weighted by molar-refractivity contribution is 6.00. The average Bonchev–Trinajstić information content (AvgIpc) is 3.51. The molecule has 1 heterocycles. The van der Waals surface area contributed by atoms with E-state index in [-0.39, 0.29) is 30.2 Å². The molecule has 2 N–H and O–H groups in total. The number of aliphatic hydroxyl groups excluding tert-OH is 1. The smallest absolute Gasteiger partial charge is 0.338 e. The Morgan fingerprint density at radius 2 is 1.09 bits per heavy atom. The van der Waals surface area contributed by atoms with E-state index in [0.717, 1.165) is 27.8 Å². The molecule has 9 heteroatoms. The van der Waals surface area contributed by atoms with Crippen molar-refractivity contribution in [3.63, 3.8) is 0 Å². The molecule has 4 aromatic rings. The second-order valence-corrected chi connectivity index (χ2v) is 11.3. The van der Waals surface area contributed by atoms with E-state index in [9.17, 15) is 29.4 Å². The SMILES string of the molecule is CCOC(=O)c1cc(C(=O)N2CC[C@@H](O)C2)cc(-c2ccc(C)cc2)c1.CCOC(=O)c1cc(C(=O)O)cc(-c2ccc(C)cc2)c1. The van der Waals surface area contributed by atoms with Crippen molar-refractivity contribution in [3.8, 4) is 22.3 Å². The number of likely N-dealkylation sites (tertiary alicyclic amines) is 1. The van der Waals surface area contributed by atoms with E-state index in [4.69, 9.17) is 9.47 Å². The highest BCUT2D eigenvalue weighted by Crippen LogP contribution is 2.26. The monoisotopic (exact) mass is 637 g/mol. The van der Waals surface area contributed by atoms with Crippen molar-refractivity contribution in [3.05, 3.63) is 118 Å². The van der Waals surface area contributed by atoms with Crippen LogP contribution in [0.4, 0.5) is 0 Å². The normalized spacial score (nSPS) is 13.7. The standard InChI is InChI=1S/C21H23NO4.C17H16O4/c1-3-26-21(25)18-11-16(15-6-4-14(2)5-7-15)10-17(12-18)20(24)22-9-8-19(23)13-22;1-3-21-17(20)15-9-13(8-14(10-15)16(18)19)12-6-4-11(2)5-7-12/h4-7,10-12,19,23H,3,8-9,13H2,1-2H3;4-10H,3H2,1-2H3,(H,18,19)/t19-;/m1./s1. The fourth-order valence-electron chi connectivity index (χ4n) is 5.10. The number of aliphatic hydroxyl groups is 1. The van der Waals surface area contributed by atoms with Gasteiger partial charge in [-0.3, -0.25) is 4.79 Å². The van der Waals surface area contributed by atoms with Gasteiger partial charge in [-0.25, -0.2) is 14.4 Å². The van der Waals surface area contributed by atoms with Gasteiger partial charge >= 0.3 is 17.9 Å². The number of carbonyl (C=O) groups is 4. The Labute approximate surface area is 274 Å². The molecule has 9 nitrogen and oxygen atoms in total. The summed E-state index contributed by atoms with van der Waals surface area (Å²) in [7, 11) is 0. The average molecular weight is 638 g/mol. The van der Waals surface area contributed by atoms with Crippen LogP contribution in [0.25, 0.3) is 22.3 Å². The number of carboxylic acids is 1. The van der Waals surface area contributed by atoms with E-state index in [0.29, 0.717) is 36.2 Å². The molecule has 0 radical (unpaired) electrons. The maximum Gasteiger partial charge on any atom is 0.338 e. The number of hydrogen-bond donors (Lipinski definition) is 2. The van der Waals surface area contributed by atoms with E-state index in [2.05, 4.69) is 0 Å². The van der Waals surface area contributed by atoms with Crippen LogP contribution in [0.2, 0.25) is 0 Å². The van der Waals surface area contributed by atoms with Crippen molar-refractivity contribution in [2.45, 2.75) is 40.2 Å². The quantitative estimate of drug-likeness (QED) is 0.207. The van der Waals surface area contributed by atoms with E-state index in [1.165, 1.54) is 6.07 Å². The number of rotatable bonds is 8. The maximum absolute atomic E-state index is 12.8. The fourth-order valence-corrected chi connectivity index (χ4v) is 5.10. The summed E-state index contributed by atoms with van der Waals surface area (Å²) in [5, 5.41) is 18.9. The van der Waals surface area contributed by atoms with Crippen LogP contribution < -0.4 is 0 Å². The zero-order valence-electron chi connectivity index (χ0n) is 27.0. The topological polar surface area (TPSA) is 130 Å². The van der Waals surface area contributed by atoms with Crippen molar-refractivity contribution in [1.82, 2.24) is 4.90 Å². The molecule has 1 fully saturated rings. The molecule has 1 aliphatic heterocycles. The molecular weight excluding hydrogens is 598 g/mol. The summed E-state index contributed by atoms with van der Waals surface area (Å²) in [6, 6.07) is 25.2. The number of carboxylic acid groups (broad SMARTS) is 1. The van der Waals surface area contributed by atoms with E-state index >= 15 is 0 Å². The summed E-state index contributed by atoms with van der Waals surface area (Å²) in [5.74, 6) is -2.22. The van der Waals surface area contributed by atoms with Crippen LogP contribution in [0.15, 0.2) is 84.9 Å². The summed E-state index contributed by atoms with van der Waals surface area (Å²) in [6.45, 7) is 8.80. The van der Waals surface area contributed by atoms with Gasteiger partial charge in [-0.05, 0) is 92.8 Å². The number of benzene rings is 4. The number of esters is 2. The third-order valence-corrected chi connectivity index (χ3v) is 7.60. The third kappa shape index (κ3) is 9.14. The van der Waals surface area contributed by atoms with E-state index in [1.54, 1.807) is 49.1 Å². The minimum absolute atomic E-state index is 0.0659. The van der Waals surface area contributed by atoms with Crippen molar-refractivity contribution in [1.29, 1.82) is 0 Å². The number of nitrogens with zero attached hydrogens (tertiary/aromatic N) is 1. The molecular formula is C38H39NO8. The minimum atomic E-state index is -1.07. The molecule has 1 saturated heterocycles. The van der Waals surface area contributed by atoms with Crippen LogP contribution >= 0.6 is 0 Å². The third-order valence-electron chi connectivity index (χ3n) is 7.60. The Morgan fingerprint density at radius 3 is 1.49 bits per heavy atom. The van der Waals surface area contributed by atoms with Crippen LogP contribution in [-0.4, -0.2) is 71.3 Å². The van der Waals surface area contributed by atoms with Gasteiger partial charge in [-0.1, -0.05) is 59.7 Å². The zero-order valence-corrected chi connectivity index (χ0v) is 27.0. The Balaban J connectivity index is 0.000000218. The molecule has 1 amide bonds. The van der Waals surface area contributed by atoms with Gasteiger partial charge in [0.15, 0.2) is 0 Å². The highest BCUT2D eigenvalue weighted by Gasteiger charge is 2.26. The Bertz CT molecular complexity index is 1740. The fraction of sp³-hybridized carbons (Fsp3) is 0.263. The Hall–Kier alpha value is -5.28. The van der Waals surface area contributed by atoms with Gasteiger partial charge in [0.1, 0.15) is 0 Å². The highest BCUT2D eigenvalue weighted by atomic mass is 16.5. The second kappa shape index (κ2) is 15.8. The summed E-state index contributed by atoms with van der Waals surface area (Å²) in [4.78, 5) is 49.7. The molecule has 1 aliphatic rings. The number of ether oxygens (including phenoxy) is 2. The molecule has 47 heavy (non-hydrogen) atoms. The summed E-state index contributed by atoms with van der Waals surface area (Å²) >= 11 is 0. The first-order valence-electron chi connectivity index (χ1n) is 15.5. The first-order chi connectivity index (χ1) is 22.5. The molecule has 0 saturated carbocycles. The van der Waals surface area contributed by atoms with Crippen LogP contribution in [-0.2, 0) is 9.47 Å². The van der Waals surface area contributed by atoms with Crippen molar-refractivity contribution in [2.75, 3.05) is 26.3 Å². The van der Waals surface area contributed by atoms with Crippen LogP contribution in [0.1, 0.15) is 72.8 Å². The van der Waals surface area contributed by atoms with Gasteiger partial charge in [-0.15, -0.1) is 0 Å². The van der Waals surface area contributed by atoms with Gasteiger partial charge < -0.3 is 24.6 Å². The number of hydrogen-bond acceptors (Lipinski definition) is 7. The van der Waals surface area contributed by atoms with E-state index < -0.39 is 24.0 Å². The summed E-state index contributed by atoms with van der Waals surface area (Å²) < 4.78 is 10.1. The predicted octanol–water partition coefficient (Wildman–Crippen LogP) is 6.58.